The van der Waals surface area contributed by atoms with Crippen LogP contribution >= 0.6 is 23.5 Å². The first kappa shape index (κ1) is 27.0. The van der Waals surface area contributed by atoms with Crippen molar-refractivity contribution >= 4 is 35.5 Å². The molecule has 0 fully saturated rings. The lowest BCUT2D eigenvalue weighted by Crippen LogP contribution is -2.22. The zero-order chi connectivity index (χ0) is 21.0. The molecule has 8 nitrogen and oxygen atoms in total. The summed E-state index contributed by atoms with van der Waals surface area (Å²) < 4.78 is 20.8. The number of carbonyl (C=O) groups excluding carboxylic acids is 2. The summed E-state index contributed by atoms with van der Waals surface area (Å²) in [6.45, 7) is 14.0. The smallest absolute Gasteiger partial charge is 0.333 e. The van der Waals surface area contributed by atoms with Crippen LogP contribution < -0.4 is 10.6 Å². The highest BCUT2D eigenvalue weighted by atomic mass is 32.2. The highest BCUT2D eigenvalue weighted by Gasteiger charge is 2.02. The van der Waals surface area contributed by atoms with E-state index in [4.69, 9.17) is 18.9 Å². The zero-order valence-electron chi connectivity index (χ0n) is 16.8. The van der Waals surface area contributed by atoms with Gasteiger partial charge in [-0.25, -0.2) is 9.59 Å². The molecule has 0 aliphatic rings. The Labute approximate surface area is 176 Å². The van der Waals surface area contributed by atoms with E-state index in [0.29, 0.717) is 61.2 Å². The summed E-state index contributed by atoms with van der Waals surface area (Å²) in [7, 11) is 0. The van der Waals surface area contributed by atoms with Crippen LogP contribution in [0, 0.1) is 0 Å². The average molecular weight is 437 g/mol. The Morgan fingerprint density at radius 3 is 1.50 bits per heavy atom. The van der Waals surface area contributed by atoms with Crippen molar-refractivity contribution in [3.05, 3.63) is 24.3 Å². The molecule has 2 N–H and O–H groups in total. The highest BCUT2D eigenvalue weighted by Crippen LogP contribution is 2.01. The predicted octanol–water partition coefficient (Wildman–Crippen LogP) is 1.73. The molecule has 0 aliphatic carbocycles. The van der Waals surface area contributed by atoms with Crippen LogP contribution in [0.15, 0.2) is 24.3 Å². The number of carbonyl (C=O) groups is 2. The van der Waals surface area contributed by atoms with Crippen molar-refractivity contribution < 1.29 is 28.5 Å². The van der Waals surface area contributed by atoms with Gasteiger partial charge in [0.1, 0.15) is 11.9 Å². The van der Waals surface area contributed by atoms with Gasteiger partial charge in [-0.3, -0.25) is 0 Å². The van der Waals surface area contributed by atoms with E-state index < -0.39 is 0 Å². The highest BCUT2D eigenvalue weighted by molar-refractivity contribution is 7.99. The fourth-order valence-electron chi connectivity index (χ4n) is 1.42. The van der Waals surface area contributed by atoms with Crippen LogP contribution in [0.4, 0.5) is 0 Å². The van der Waals surface area contributed by atoms with Gasteiger partial charge in [0.25, 0.3) is 0 Å². The van der Waals surface area contributed by atoms with Gasteiger partial charge in [-0.15, -0.1) is 23.5 Å². The third kappa shape index (κ3) is 18.3. The molecular weight excluding hydrogens is 404 g/mol. The fraction of sp³-hybridized carbons (Fsp3) is 0.667. The number of hydrogen-bond donors (Lipinski definition) is 2. The topological polar surface area (TPSA) is 95.1 Å². The molecule has 28 heavy (non-hydrogen) atoms. The van der Waals surface area contributed by atoms with Crippen molar-refractivity contribution in [2.45, 2.75) is 13.8 Å². The summed E-state index contributed by atoms with van der Waals surface area (Å²) in [4.78, 5) is 22.3. The van der Waals surface area contributed by atoms with Gasteiger partial charge in [0.15, 0.2) is 0 Å². The largest absolute Gasteiger partial charge is 0.451 e. The van der Waals surface area contributed by atoms with E-state index in [2.05, 4.69) is 23.8 Å². The van der Waals surface area contributed by atoms with E-state index in [-0.39, 0.29) is 11.9 Å². The first-order valence-electron chi connectivity index (χ1n) is 8.82. The number of esters is 2. The first-order valence-corrected chi connectivity index (χ1v) is 11.1. The molecule has 0 aromatic heterocycles. The summed E-state index contributed by atoms with van der Waals surface area (Å²) >= 11 is 2.95. The Kier molecular flexibility index (Phi) is 18.6. The molecule has 0 rings (SSSR count). The molecule has 0 aliphatic heterocycles. The minimum atomic E-state index is -0.367. The summed E-state index contributed by atoms with van der Waals surface area (Å²) in [6, 6.07) is 0. The van der Waals surface area contributed by atoms with Crippen LogP contribution in [0.5, 0.6) is 0 Å². The lowest BCUT2D eigenvalue weighted by Gasteiger charge is -2.08. The van der Waals surface area contributed by atoms with Crippen LogP contribution in [0.3, 0.4) is 0 Å². The van der Waals surface area contributed by atoms with Gasteiger partial charge in [0.2, 0.25) is 0 Å². The minimum absolute atomic E-state index is 0.305. The van der Waals surface area contributed by atoms with Gasteiger partial charge >= 0.3 is 11.9 Å². The monoisotopic (exact) mass is 436 g/mol. The summed E-state index contributed by atoms with van der Waals surface area (Å²) in [5, 5.41) is 6.34. The van der Waals surface area contributed by atoms with Crippen molar-refractivity contribution in [3.63, 3.8) is 0 Å². The molecule has 162 valence electrons. The van der Waals surface area contributed by atoms with E-state index in [1.165, 1.54) is 23.5 Å². The second kappa shape index (κ2) is 19.3. The number of nitrogens with one attached hydrogen (secondary N) is 2. The molecule has 0 heterocycles. The number of rotatable bonds is 19. The van der Waals surface area contributed by atoms with Crippen molar-refractivity contribution in [2.75, 3.05) is 63.1 Å². The summed E-state index contributed by atoms with van der Waals surface area (Å²) in [5.74, 6) is 1.24. The number of hydrogen-bond acceptors (Lipinski definition) is 10. The van der Waals surface area contributed by atoms with Crippen LogP contribution in [0.2, 0.25) is 0 Å². The Balaban J connectivity index is 3.14. The van der Waals surface area contributed by atoms with E-state index in [1.807, 2.05) is 0 Å². The Morgan fingerprint density at radius 2 is 1.14 bits per heavy atom. The molecule has 0 atom stereocenters. The van der Waals surface area contributed by atoms with Crippen LogP contribution in [-0.2, 0) is 28.5 Å². The molecular formula is C18H32N2O6S2. The normalized spacial score (nSPS) is 10.5. The van der Waals surface area contributed by atoms with E-state index in [1.54, 1.807) is 13.8 Å². The molecule has 0 radical (unpaired) electrons. The van der Waals surface area contributed by atoms with Gasteiger partial charge in [0.05, 0.1) is 26.4 Å². The summed E-state index contributed by atoms with van der Waals surface area (Å²) in [5.41, 5.74) is 0.806. The first-order chi connectivity index (χ1) is 13.4. The maximum absolute atomic E-state index is 11.1. The predicted molar refractivity (Wildman–Crippen MR) is 114 cm³/mol. The standard InChI is InChI=1S/C18H32N2O6S2/c1-15(2)17(21)25-13-27-11-19-5-7-23-9-10-24-8-6-20-12-28-14-26-18(22)16(3)4/h19-20H,1,3,5-14H2,2,4H3. The van der Waals surface area contributed by atoms with Gasteiger partial charge in [-0.1, -0.05) is 13.2 Å². The molecule has 0 bridgehead atoms. The SMILES string of the molecule is C=C(C)C(=O)OCSCNCCOCCOCCNCSCOC(=O)C(=C)C. The minimum Gasteiger partial charge on any atom is -0.451 e. The average Bonchev–Trinajstić information content (AvgIpc) is 2.66. The van der Waals surface area contributed by atoms with Gasteiger partial charge in [-0.2, -0.15) is 0 Å². The van der Waals surface area contributed by atoms with Crippen molar-refractivity contribution in [2.24, 2.45) is 0 Å². The molecule has 0 aromatic rings. The van der Waals surface area contributed by atoms with Crippen LogP contribution in [0.1, 0.15) is 13.8 Å². The lowest BCUT2D eigenvalue weighted by molar-refractivity contribution is -0.137. The van der Waals surface area contributed by atoms with Crippen LogP contribution in [0.25, 0.3) is 0 Å². The molecule has 0 saturated heterocycles. The molecule has 0 amide bonds. The lowest BCUT2D eigenvalue weighted by atomic mass is 10.4. The Morgan fingerprint density at radius 1 is 0.750 bits per heavy atom. The van der Waals surface area contributed by atoms with Crippen molar-refractivity contribution in [1.29, 1.82) is 0 Å². The number of ether oxygens (including phenoxy) is 4. The van der Waals surface area contributed by atoms with Crippen molar-refractivity contribution in [1.82, 2.24) is 10.6 Å². The van der Waals surface area contributed by atoms with Gasteiger partial charge < -0.3 is 29.6 Å². The number of thioether (sulfide) groups is 2. The van der Waals surface area contributed by atoms with E-state index >= 15 is 0 Å². The van der Waals surface area contributed by atoms with E-state index in [9.17, 15) is 9.59 Å². The second-order valence-electron chi connectivity index (χ2n) is 5.58. The second-order valence-corrected chi connectivity index (χ2v) is 7.45. The van der Waals surface area contributed by atoms with E-state index in [0.717, 1.165) is 13.1 Å². The molecule has 0 aromatic carbocycles. The van der Waals surface area contributed by atoms with Gasteiger partial charge in [0, 0.05) is 36.0 Å². The third-order valence-corrected chi connectivity index (χ3v) is 4.26. The van der Waals surface area contributed by atoms with Gasteiger partial charge in [-0.05, 0) is 13.8 Å². The van der Waals surface area contributed by atoms with Crippen molar-refractivity contribution in [3.8, 4) is 0 Å². The zero-order valence-corrected chi connectivity index (χ0v) is 18.4. The maximum atomic E-state index is 11.1. The fourth-order valence-corrected chi connectivity index (χ4v) is 2.54. The van der Waals surface area contributed by atoms with Crippen LogP contribution in [-0.4, -0.2) is 75.1 Å². The molecule has 10 heteroatoms. The Bertz CT molecular complexity index is 435. The summed E-state index contributed by atoms with van der Waals surface area (Å²) in [6.07, 6.45) is 0. The molecule has 0 unspecified atom stereocenters. The molecule has 0 saturated carbocycles. The molecule has 0 spiro atoms. The quantitative estimate of drug-likeness (QED) is 0.135. The third-order valence-electron chi connectivity index (χ3n) is 2.87. The Hall–Kier alpha value is -1.04. The maximum Gasteiger partial charge on any atom is 0.333 e.